The van der Waals surface area contributed by atoms with Crippen LogP contribution in [-0.4, -0.2) is 96.4 Å². The molecular formula is C31H46N4O4. The summed E-state index contributed by atoms with van der Waals surface area (Å²) in [5.41, 5.74) is 5.09. The molecule has 3 saturated carbocycles. The third-order valence-electron chi connectivity index (χ3n) is 10.7. The smallest absolute Gasteiger partial charge is 0.254 e. The van der Waals surface area contributed by atoms with Gasteiger partial charge < -0.3 is 19.6 Å². The normalized spacial score (nSPS) is 31.2. The van der Waals surface area contributed by atoms with E-state index in [2.05, 4.69) is 22.6 Å². The number of hydrogen-bond donors (Lipinski definition) is 2. The van der Waals surface area contributed by atoms with Crippen molar-refractivity contribution in [1.29, 1.82) is 0 Å². The second-order valence-electron chi connectivity index (χ2n) is 12.8. The Labute approximate surface area is 233 Å². The summed E-state index contributed by atoms with van der Waals surface area (Å²) in [5, 5.41) is 12.6. The summed E-state index contributed by atoms with van der Waals surface area (Å²) in [6.07, 6.45) is 11.6. The first-order valence-electron chi connectivity index (χ1n) is 15.3. The third-order valence-corrected chi connectivity index (χ3v) is 10.7. The second-order valence-corrected chi connectivity index (χ2v) is 12.8. The quantitative estimate of drug-likeness (QED) is 0.555. The molecule has 3 atom stereocenters. The van der Waals surface area contributed by atoms with Gasteiger partial charge in [0.05, 0.1) is 6.61 Å². The lowest BCUT2D eigenvalue weighted by Crippen LogP contribution is -2.53. The van der Waals surface area contributed by atoms with Gasteiger partial charge in [0.1, 0.15) is 5.60 Å². The number of ether oxygens (including phenoxy) is 1. The van der Waals surface area contributed by atoms with Crippen LogP contribution in [0.1, 0.15) is 86.0 Å². The van der Waals surface area contributed by atoms with E-state index in [9.17, 15) is 14.7 Å². The number of nitrogens with one attached hydrogen (secondary N) is 1. The SMILES string of the molecule is COCCN1NCC2(C3CCCCC3)CCC(c3ccc(C(=O)N4CCN(C(=O)C5(O)CC5)CC4)cc3)CC12. The summed E-state index contributed by atoms with van der Waals surface area (Å²) in [5.74, 6) is 1.19. The lowest BCUT2D eigenvalue weighted by atomic mass is 9.57. The monoisotopic (exact) mass is 538 g/mol. The maximum atomic E-state index is 13.2. The van der Waals surface area contributed by atoms with E-state index in [0.29, 0.717) is 56.4 Å². The molecule has 0 bridgehead atoms. The van der Waals surface area contributed by atoms with Crippen molar-refractivity contribution in [3.8, 4) is 0 Å². The Morgan fingerprint density at radius 1 is 0.974 bits per heavy atom. The molecular weight excluding hydrogens is 492 g/mol. The molecule has 1 aromatic carbocycles. The Balaban J connectivity index is 1.09. The largest absolute Gasteiger partial charge is 0.383 e. The average molecular weight is 539 g/mol. The minimum atomic E-state index is -1.13. The molecule has 2 heterocycles. The number of carbonyl (C=O) groups is 2. The summed E-state index contributed by atoms with van der Waals surface area (Å²) in [6, 6.07) is 8.89. The molecule has 8 heteroatoms. The van der Waals surface area contributed by atoms with E-state index in [1.807, 2.05) is 17.0 Å². The van der Waals surface area contributed by atoms with E-state index in [-0.39, 0.29) is 11.8 Å². The summed E-state index contributed by atoms with van der Waals surface area (Å²) >= 11 is 0. The predicted octanol–water partition coefficient (Wildman–Crippen LogP) is 3.17. The first-order chi connectivity index (χ1) is 18.9. The number of aliphatic hydroxyl groups is 1. The Kier molecular flexibility index (Phi) is 7.74. The van der Waals surface area contributed by atoms with Crippen LogP contribution in [0.4, 0.5) is 0 Å². The van der Waals surface area contributed by atoms with E-state index in [1.165, 1.54) is 50.5 Å². The fourth-order valence-corrected chi connectivity index (χ4v) is 8.08. The van der Waals surface area contributed by atoms with E-state index in [0.717, 1.165) is 37.6 Å². The first kappa shape index (κ1) is 27.2. The highest BCUT2D eigenvalue weighted by molar-refractivity contribution is 5.94. The van der Waals surface area contributed by atoms with Crippen LogP contribution >= 0.6 is 0 Å². The molecule has 8 nitrogen and oxygen atoms in total. The molecule has 2 N–H and O–H groups in total. The predicted molar refractivity (Wildman–Crippen MR) is 149 cm³/mol. The van der Waals surface area contributed by atoms with Gasteiger partial charge in [0.15, 0.2) is 0 Å². The molecule has 5 aliphatic rings. The molecule has 3 aliphatic carbocycles. The lowest BCUT2D eigenvalue weighted by Gasteiger charge is -2.49. The van der Waals surface area contributed by atoms with Gasteiger partial charge in [0, 0.05) is 63.4 Å². The van der Waals surface area contributed by atoms with Gasteiger partial charge in [-0.25, -0.2) is 5.01 Å². The molecule has 6 rings (SSSR count). The van der Waals surface area contributed by atoms with E-state index in [1.54, 1.807) is 12.0 Å². The number of methoxy groups -OCH3 is 1. The molecule has 1 aromatic rings. The summed E-state index contributed by atoms with van der Waals surface area (Å²) < 4.78 is 5.45. The zero-order chi connectivity index (χ0) is 27.0. The molecule has 214 valence electrons. The Morgan fingerprint density at radius 2 is 1.67 bits per heavy atom. The van der Waals surface area contributed by atoms with Gasteiger partial charge >= 0.3 is 0 Å². The van der Waals surface area contributed by atoms with Crippen LogP contribution in [0.3, 0.4) is 0 Å². The van der Waals surface area contributed by atoms with E-state index < -0.39 is 5.60 Å². The highest BCUT2D eigenvalue weighted by Crippen LogP contribution is 2.54. The van der Waals surface area contributed by atoms with Crippen molar-refractivity contribution in [3.05, 3.63) is 35.4 Å². The number of amides is 2. The third kappa shape index (κ3) is 5.25. The first-order valence-corrected chi connectivity index (χ1v) is 15.3. The number of carbonyl (C=O) groups excluding carboxylic acids is 2. The van der Waals surface area contributed by atoms with Gasteiger partial charge in [-0.1, -0.05) is 31.4 Å². The Bertz CT molecular complexity index is 1030. The van der Waals surface area contributed by atoms with Gasteiger partial charge in [-0.05, 0) is 74.5 Å². The van der Waals surface area contributed by atoms with Crippen LogP contribution in [-0.2, 0) is 9.53 Å². The lowest BCUT2D eigenvalue weighted by molar-refractivity contribution is -0.143. The number of benzene rings is 1. The maximum Gasteiger partial charge on any atom is 0.254 e. The van der Waals surface area contributed by atoms with Gasteiger partial charge in [-0.2, -0.15) is 0 Å². The van der Waals surface area contributed by atoms with Gasteiger partial charge in [-0.3, -0.25) is 15.0 Å². The summed E-state index contributed by atoms with van der Waals surface area (Å²) in [6.45, 7) is 4.78. The minimum Gasteiger partial charge on any atom is -0.383 e. The fraction of sp³-hybridized carbons (Fsp3) is 0.742. The summed E-state index contributed by atoms with van der Waals surface area (Å²) in [7, 11) is 1.79. The van der Waals surface area contributed by atoms with Crippen LogP contribution in [0, 0.1) is 11.3 Å². The minimum absolute atomic E-state index is 0.0319. The fourth-order valence-electron chi connectivity index (χ4n) is 8.08. The second kappa shape index (κ2) is 11.1. The number of hydrazine groups is 1. The van der Waals surface area contributed by atoms with Crippen molar-refractivity contribution in [2.45, 2.75) is 81.8 Å². The van der Waals surface area contributed by atoms with Crippen molar-refractivity contribution in [3.63, 3.8) is 0 Å². The molecule has 39 heavy (non-hydrogen) atoms. The highest BCUT2D eigenvalue weighted by atomic mass is 16.5. The standard InChI is InChI=1S/C31H46N4O4/c1-39-20-19-35-27-21-25(11-12-30(27,22-32-35)26-5-3-2-4-6-26)23-7-9-24(10-8-23)28(36)33-15-17-34(18-16-33)29(37)31(38)13-14-31/h7-10,25-27,32,38H,2-6,11-22H2,1H3. The van der Waals surface area contributed by atoms with Crippen molar-refractivity contribution in [1.82, 2.24) is 20.2 Å². The number of hydrogen-bond acceptors (Lipinski definition) is 6. The van der Waals surface area contributed by atoms with Gasteiger partial charge in [0.25, 0.3) is 11.8 Å². The Morgan fingerprint density at radius 3 is 2.33 bits per heavy atom. The zero-order valence-electron chi connectivity index (χ0n) is 23.6. The van der Waals surface area contributed by atoms with Gasteiger partial charge in [-0.15, -0.1) is 0 Å². The molecule has 2 saturated heterocycles. The van der Waals surface area contributed by atoms with Crippen LogP contribution in [0.25, 0.3) is 0 Å². The molecule has 2 aliphatic heterocycles. The van der Waals surface area contributed by atoms with Crippen molar-refractivity contribution >= 4 is 11.8 Å². The van der Waals surface area contributed by atoms with E-state index in [4.69, 9.17) is 4.74 Å². The molecule has 0 spiro atoms. The van der Waals surface area contributed by atoms with Gasteiger partial charge in [0.2, 0.25) is 0 Å². The van der Waals surface area contributed by atoms with Crippen molar-refractivity contribution in [2.24, 2.45) is 11.3 Å². The molecule has 0 radical (unpaired) electrons. The highest BCUT2D eigenvalue weighted by Gasteiger charge is 2.54. The molecule has 0 aromatic heterocycles. The molecule has 3 unspecified atom stereocenters. The van der Waals surface area contributed by atoms with Crippen LogP contribution < -0.4 is 5.43 Å². The van der Waals surface area contributed by atoms with Crippen molar-refractivity contribution in [2.75, 3.05) is 53.0 Å². The average Bonchev–Trinajstić information content (AvgIpc) is 3.64. The van der Waals surface area contributed by atoms with Crippen molar-refractivity contribution < 1.29 is 19.4 Å². The molecule has 5 fully saturated rings. The maximum absolute atomic E-state index is 13.2. The van der Waals surface area contributed by atoms with E-state index >= 15 is 0 Å². The zero-order valence-corrected chi connectivity index (χ0v) is 23.6. The summed E-state index contributed by atoms with van der Waals surface area (Å²) in [4.78, 5) is 29.2. The number of rotatable bonds is 7. The number of nitrogens with zero attached hydrogens (tertiary/aromatic N) is 3. The number of piperazine rings is 1. The number of fused-ring (bicyclic) bond motifs is 1. The molecule has 2 amide bonds. The van der Waals surface area contributed by atoms with Crippen LogP contribution in [0.5, 0.6) is 0 Å². The van der Waals surface area contributed by atoms with Crippen LogP contribution in [0.2, 0.25) is 0 Å². The topological polar surface area (TPSA) is 85.4 Å². The van der Waals surface area contributed by atoms with Crippen LogP contribution in [0.15, 0.2) is 24.3 Å². The Hall–Kier alpha value is -2.00.